The van der Waals surface area contributed by atoms with E-state index in [1.54, 1.807) is 0 Å². The molecular formula is C21H26N2O. The number of hydrogen-bond donors (Lipinski definition) is 0. The fraction of sp³-hybridized carbons (Fsp3) is 0.381. The number of carbonyl (C=O) groups excluding carboxylic acids is 1. The Labute approximate surface area is 144 Å². The van der Waals surface area contributed by atoms with Gasteiger partial charge in [0.2, 0.25) is 0 Å². The second kappa shape index (κ2) is 8.11. The van der Waals surface area contributed by atoms with E-state index in [-0.39, 0.29) is 5.91 Å². The maximum atomic E-state index is 12.5. The second-order valence-corrected chi connectivity index (χ2v) is 6.61. The van der Waals surface area contributed by atoms with Crippen LogP contribution in [-0.2, 0) is 6.42 Å². The fourth-order valence-corrected chi connectivity index (χ4v) is 3.41. The predicted molar refractivity (Wildman–Crippen MR) is 98.1 cm³/mol. The van der Waals surface area contributed by atoms with Gasteiger partial charge in [0, 0.05) is 31.2 Å². The van der Waals surface area contributed by atoms with Crippen molar-refractivity contribution < 1.29 is 4.79 Å². The smallest absolute Gasteiger partial charge is 0.253 e. The van der Waals surface area contributed by atoms with Crippen LogP contribution in [-0.4, -0.2) is 48.4 Å². The average Bonchev–Trinajstić information content (AvgIpc) is 2.67. The third-order valence-electron chi connectivity index (χ3n) is 4.99. The lowest BCUT2D eigenvalue weighted by Crippen LogP contribution is -2.46. The normalized spacial score (nSPS) is 15.7. The van der Waals surface area contributed by atoms with Gasteiger partial charge in [0.15, 0.2) is 0 Å². The van der Waals surface area contributed by atoms with Crippen molar-refractivity contribution in [2.45, 2.75) is 25.3 Å². The van der Waals surface area contributed by atoms with Gasteiger partial charge in [0.25, 0.3) is 5.91 Å². The molecule has 0 bridgehead atoms. The highest BCUT2D eigenvalue weighted by molar-refractivity contribution is 5.94. The molecule has 0 N–H and O–H groups in total. The zero-order valence-corrected chi connectivity index (χ0v) is 14.4. The van der Waals surface area contributed by atoms with Crippen LogP contribution in [0, 0.1) is 0 Å². The molecule has 1 heterocycles. The lowest BCUT2D eigenvalue weighted by atomic mass is 10.0. The minimum absolute atomic E-state index is 0.168. The summed E-state index contributed by atoms with van der Waals surface area (Å²) in [6.45, 7) is 2.78. The van der Waals surface area contributed by atoms with Crippen molar-refractivity contribution in [1.82, 2.24) is 9.80 Å². The Bertz CT molecular complexity index is 633. The summed E-state index contributed by atoms with van der Waals surface area (Å²) in [6, 6.07) is 20.8. The number of likely N-dealkylation sites (N-methyl/N-ethyl adjacent to an activating group) is 1. The van der Waals surface area contributed by atoms with Gasteiger partial charge in [0.1, 0.15) is 0 Å². The summed E-state index contributed by atoms with van der Waals surface area (Å²) in [5.41, 5.74) is 2.19. The number of nitrogens with zero attached hydrogens (tertiary/aromatic N) is 2. The number of likely N-dealkylation sites (tertiary alicyclic amines) is 1. The SMILES string of the molecule is CN(CCc1ccccc1)C1CCN(C(=O)c2ccccc2)CC1. The van der Waals surface area contributed by atoms with Crippen LogP contribution in [0.1, 0.15) is 28.8 Å². The van der Waals surface area contributed by atoms with Gasteiger partial charge in [-0.2, -0.15) is 0 Å². The lowest BCUT2D eigenvalue weighted by Gasteiger charge is -2.37. The van der Waals surface area contributed by atoms with Crippen LogP contribution in [0.5, 0.6) is 0 Å². The Kier molecular flexibility index (Phi) is 5.65. The van der Waals surface area contributed by atoms with E-state index in [4.69, 9.17) is 0 Å². The van der Waals surface area contributed by atoms with Crippen molar-refractivity contribution >= 4 is 5.91 Å². The number of benzene rings is 2. The lowest BCUT2D eigenvalue weighted by molar-refractivity contribution is 0.0647. The van der Waals surface area contributed by atoms with E-state index < -0.39 is 0 Å². The van der Waals surface area contributed by atoms with Gasteiger partial charge in [-0.3, -0.25) is 4.79 Å². The van der Waals surface area contributed by atoms with E-state index in [0.717, 1.165) is 44.5 Å². The van der Waals surface area contributed by atoms with Crippen molar-refractivity contribution in [3.63, 3.8) is 0 Å². The van der Waals surface area contributed by atoms with Gasteiger partial charge >= 0.3 is 0 Å². The van der Waals surface area contributed by atoms with Crippen LogP contribution < -0.4 is 0 Å². The largest absolute Gasteiger partial charge is 0.339 e. The average molecular weight is 322 g/mol. The number of amides is 1. The molecule has 0 atom stereocenters. The quantitative estimate of drug-likeness (QED) is 0.841. The van der Waals surface area contributed by atoms with Crippen molar-refractivity contribution in [3.05, 3.63) is 71.8 Å². The molecule has 0 aliphatic carbocycles. The van der Waals surface area contributed by atoms with Gasteiger partial charge in [-0.15, -0.1) is 0 Å². The van der Waals surface area contributed by atoms with Crippen LogP contribution in [0.15, 0.2) is 60.7 Å². The molecule has 2 aromatic carbocycles. The highest BCUT2D eigenvalue weighted by Crippen LogP contribution is 2.18. The van der Waals surface area contributed by atoms with Crippen molar-refractivity contribution in [2.24, 2.45) is 0 Å². The summed E-state index contributed by atoms with van der Waals surface area (Å²) >= 11 is 0. The molecule has 24 heavy (non-hydrogen) atoms. The van der Waals surface area contributed by atoms with E-state index in [1.807, 2.05) is 35.2 Å². The van der Waals surface area contributed by atoms with Crippen LogP contribution in [0.4, 0.5) is 0 Å². The van der Waals surface area contributed by atoms with Crippen LogP contribution >= 0.6 is 0 Å². The highest BCUT2D eigenvalue weighted by Gasteiger charge is 2.25. The molecule has 1 aliphatic heterocycles. The Morgan fingerprint density at radius 2 is 1.58 bits per heavy atom. The van der Waals surface area contributed by atoms with Crippen LogP contribution in [0.2, 0.25) is 0 Å². The Morgan fingerprint density at radius 1 is 1.00 bits per heavy atom. The molecule has 0 saturated carbocycles. The summed E-state index contributed by atoms with van der Waals surface area (Å²) < 4.78 is 0. The highest BCUT2D eigenvalue weighted by atomic mass is 16.2. The van der Waals surface area contributed by atoms with E-state index >= 15 is 0 Å². The minimum atomic E-state index is 0.168. The third kappa shape index (κ3) is 4.24. The van der Waals surface area contributed by atoms with Gasteiger partial charge in [-0.25, -0.2) is 0 Å². The maximum Gasteiger partial charge on any atom is 0.253 e. The van der Waals surface area contributed by atoms with Crippen molar-refractivity contribution in [3.8, 4) is 0 Å². The molecule has 126 valence electrons. The zero-order chi connectivity index (χ0) is 16.8. The van der Waals surface area contributed by atoms with Crippen molar-refractivity contribution in [2.75, 3.05) is 26.7 Å². The summed E-state index contributed by atoms with van der Waals surface area (Å²) in [6.07, 6.45) is 3.20. The molecule has 1 saturated heterocycles. The molecule has 1 fully saturated rings. The van der Waals surface area contributed by atoms with E-state index in [2.05, 4.69) is 42.3 Å². The molecule has 0 radical (unpaired) electrons. The first-order valence-electron chi connectivity index (χ1n) is 8.82. The Morgan fingerprint density at radius 3 is 2.21 bits per heavy atom. The first kappa shape index (κ1) is 16.7. The molecule has 3 rings (SSSR count). The number of hydrogen-bond acceptors (Lipinski definition) is 2. The predicted octanol–water partition coefficient (Wildman–Crippen LogP) is 3.47. The van der Waals surface area contributed by atoms with Gasteiger partial charge < -0.3 is 9.80 Å². The summed E-state index contributed by atoms with van der Waals surface area (Å²) in [4.78, 5) is 17.0. The van der Waals surface area contributed by atoms with Gasteiger partial charge in [-0.1, -0.05) is 48.5 Å². The van der Waals surface area contributed by atoms with Gasteiger partial charge in [0.05, 0.1) is 0 Å². The van der Waals surface area contributed by atoms with Crippen LogP contribution in [0.3, 0.4) is 0 Å². The zero-order valence-electron chi connectivity index (χ0n) is 14.4. The second-order valence-electron chi connectivity index (χ2n) is 6.61. The summed E-state index contributed by atoms with van der Waals surface area (Å²) in [5, 5.41) is 0. The molecule has 2 aromatic rings. The standard InChI is InChI=1S/C21H26N2O/c1-22(15-12-18-8-4-2-5-9-18)20-13-16-23(17-14-20)21(24)19-10-6-3-7-11-19/h2-11,20H,12-17H2,1H3. The van der Waals surface area contributed by atoms with Crippen LogP contribution in [0.25, 0.3) is 0 Å². The minimum Gasteiger partial charge on any atom is -0.339 e. The molecule has 3 nitrogen and oxygen atoms in total. The first-order valence-corrected chi connectivity index (χ1v) is 8.82. The summed E-state index contributed by atoms with van der Waals surface area (Å²) in [5.74, 6) is 0.168. The molecule has 3 heteroatoms. The molecule has 0 aromatic heterocycles. The van der Waals surface area contributed by atoms with Gasteiger partial charge in [-0.05, 0) is 44.0 Å². The number of rotatable bonds is 5. The number of carbonyl (C=O) groups is 1. The van der Waals surface area contributed by atoms with E-state index in [0.29, 0.717) is 6.04 Å². The van der Waals surface area contributed by atoms with Crippen molar-refractivity contribution in [1.29, 1.82) is 0 Å². The van der Waals surface area contributed by atoms with E-state index in [9.17, 15) is 4.79 Å². The monoisotopic (exact) mass is 322 g/mol. The van der Waals surface area contributed by atoms with E-state index in [1.165, 1.54) is 5.56 Å². The summed E-state index contributed by atoms with van der Waals surface area (Å²) in [7, 11) is 2.21. The number of piperidine rings is 1. The molecule has 0 spiro atoms. The Hall–Kier alpha value is -2.13. The first-order chi connectivity index (χ1) is 11.7. The molecule has 0 unspecified atom stereocenters. The fourth-order valence-electron chi connectivity index (χ4n) is 3.41. The topological polar surface area (TPSA) is 23.6 Å². The molecule has 1 aliphatic rings. The molecular weight excluding hydrogens is 296 g/mol. The maximum absolute atomic E-state index is 12.5. The molecule has 1 amide bonds. The third-order valence-corrected chi connectivity index (χ3v) is 4.99. The Balaban J connectivity index is 1.47.